The molecule has 2 amide bonds. The Bertz CT molecular complexity index is 1490. The number of sulfonamides is 1. The van der Waals surface area contributed by atoms with E-state index in [1.807, 2.05) is 52.0 Å². The van der Waals surface area contributed by atoms with Crippen LogP contribution in [0.1, 0.15) is 38.3 Å². The molecule has 9 nitrogen and oxygen atoms in total. The number of nitrogens with zero attached hydrogens (tertiary/aromatic N) is 2. The van der Waals surface area contributed by atoms with Crippen LogP contribution in [-0.4, -0.2) is 58.0 Å². The van der Waals surface area contributed by atoms with Crippen LogP contribution in [0.15, 0.2) is 71.6 Å². The number of hydrogen-bond acceptors (Lipinski definition) is 6. The summed E-state index contributed by atoms with van der Waals surface area (Å²) < 4.78 is 39.9. The number of nitrogens with one attached hydrogen (secondary N) is 1. The lowest BCUT2D eigenvalue weighted by Crippen LogP contribution is -2.53. The monoisotopic (exact) mass is 615 g/mol. The summed E-state index contributed by atoms with van der Waals surface area (Å²) in [5.74, 6) is -0.270. The first-order valence-electron chi connectivity index (χ1n) is 13.6. The number of carbonyl (C=O) groups excluding carboxylic acids is 2. The fourth-order valence-electron chi connectivity index (χ4n) is 4.51. The van der Waals surface area contributed by atoms with Crippen molar-refractivity contribution in [2.24, 2.45) is 0 Å². The van der Waals surface area contributed by atoms with Crippen LogP contribution >= 0.6 is 11.6 Å². The summed E-state index contributed by atoms with van der Waals surface area (Å²) in [6.07, 6.45) is 0.333. The number of anilines is 1. The second-order valence-corrected chi connectivity index (χ2v) is 12.3. The Hall–Kier alpha value is -3.76. The van der Waals surface area contributed by atoms with Crippen LogP contribution in [0.3, 0.4) is 0 Å². The lowest BCUT2D eigenvalue weighted by atomic mass is 10.1. The molecule has 0 radical (unpaired) electrons. The van der Waals surface area contributed by atoms with Crippen molar-refractivity contribution in [1.82, 2.24) is 10.2 Å². The highest BCUT2D eigenvalue weighted by Crippen LogP contribution is 2.33. The summed E-state index contributed by atoms with van der Waals surface area (Å²) in [4.78, 5) is 28.8. The lowest BCUT2D eigenvalue weighted by molar-refractivity contribution is -0.140. The maximum Gasteiger partial charge on any atom is 0.264 e. The Labute approximate surface area is 253 Å². The molecule has 11 heteroatoms. The van der Waals surface area contributed by atoms with E-state index >= 15 is 0 Å². The van der Waals surface area contributed by atoms with Gasteiger partial charge in [0.05, 0.1) is 24.8 Å². The molecule has 0 fully saturated rings. The van der Waals surface area contributed by atoms with E-state index in [0.29, 0.717) is 17.2 Å². The van der Waals surface area contributed by atoms with E-state index in [1.165, 1.54) is 49.5 Å². The predicted molar refractivity (Wildman–Crippen MR) is 165 cm³/mol. The second kappa shape index (κ2) is 14.4. The summed E-state index contributed by atoms with van der Waals surface area (Å²) in [7, 11) is -1.44. The molecule has 3 aromatic carbocycles. The molecule has 0 saturated heterocycles. The molecule has 0 unspecified atom stereocenters. The Morgan fingerprint density at radius 1 is 0.952 bits per heavy atom. The maximum atomic E-state index is 14.2. The summed E-state index contributed by atoms with van der Waals surface area (Å²) >= 11 is 6.10. The largest absolute Gasteiger partial charge is 0.493 e. The third kappa shape index (κ3) is 7.74. The average Bonchev–Trinajstić information content (AvgIpc) is 2.96. The van der Waals surface area contributed by atoms with Crippen LogP contribution in [0.25, 0.3) is 0 Å². The van der Waals surface area contributed by atoms with Crippen LogP contribution in [0.4, 0.5) is 5.69 Å². The van der Waals surface area contributed by atoms with Crippen molar-refractivity contribution in [3.05, 3.63) is 82.9 Å². The van der Waals surface area contributed by atoms with Gasteiger partial charge < -0.3 is 19.7 Å². The molecular weight excluding hydrogens is 578 g/mol. The van der Waals surface area contributed by atoms with Gasteiger partial charge >= 0.3 is 0 Å². The number of methoxy groups -OCH3 is 2. The van der Waals surface area contributed by atoms with Crippen molar-refractivity contribution >= 4 is 39.1 Å². The molecule has 0 aliphatic carbocycles. The molecule has 42 heavy (non-hydrogen) atoms. The highest BCUT2D eigenvalue weighted by atomic mass is 35.5. The lowest BCUT2D eigenvalue weighted by Gasteiger charge is -2.34. The zero-order chi connectivity index (χ0) is 31.0. The first kappa shape index (κ1) is 32.8. The van der Waals surface area contributed by atoms with Crippen molar-refractivity contribution in [3.63, 3.8) is 0 Å². The SMILES string of the molecule is CC[C@H](C(=O)NC(C)C)N(Cc1ccccc1C)C(=O)CN(c1ccc(Cl)cc1)S(=O)(=O)c1ccc(OC)c(OC)c1. The Morgan fingerprint density at radius 3 is 2.17 bits per heavy atom. The molecule has 0 aliphatic rings. The van der Waals surface area contributed by atoms with Crippen LogP contribution in [-0.2, 0) is 26.2 Å². The van der Waals surface area contributed by atoms with Crippen LogP contribution < -0.4 is 19.1 Å². The van der Waals surface area contributed by atoms with Crippen molar-refractivity contribution in [1.29, 1.82) is 0 Å². The summed E-state index contributed by atoms with van der Waals surface area (Å²) in [5.41, 5.74) is 2.03. The fraction of sp³-hybridized carbons (Fsp3) is 0.355. The minimum Gasteiger partial charge on any atom is -0.493 e. The van der Waals surface area contributed by atoms with Gasteiger partial charge in [0.25, 0.3) is 10.0 Å². The smallest absolute Gasteiger partial charge is 0.264 e. The van der Waals surface area contributed by atoms with Gasteiger partial charge in [0.15, 0.2) is 11.5 Å². The van der Waals surface area contributed by atoms with E-state index in [2.05, 4.69) is 5.32 Å². The van der Waals surface area contributed by atoms with Crippen LogP contribution in [0.5, 0.6) is 11.5 Å². The number of hydrogen-bond donors (Lipinski definition) is 1. The average molecular weight is 616 g/mol. The van der Waals surface area contributed by atoms with Gasteiger partial charge in [-0.2, -0.15) is 0 Å². The van der Waals surface area contributed by atoms with E-state index in [4.69, 9.17) is 21.1 Å². The second-order valence-electron chi connectivity index (χ2n) is 10.0. The normalized spacial score (nSPS) is 12.0. The number of carbonyl (C=O) groups is 2. The van der Waals surface area contributed by atoms with Gasteiger partial charge in [-0.3, -0.25) is 13.9 Å². The minimum atomic E-state index is -4.30. The molecule has 0 bridgehead atoms. The number of rotatable bonds is 13. The van der Waals surface area contributed by atoms with Gasteiger partial charge in [-0.05, 0) is 74.7 Å². The molecular formula is C31H38ClN3O6S. The van der Waals surface area contributed by atoms with E-state index in [0.717, 1.165) is 15.4 Å². The predicted octanol–water partition coefficient (Wildman–Crippen LogP) is 5.19. The van der Waals surface area contributed by atoms with E-state index < -0.39 is 28.5 Å². The Morgan fingerprint density at radius 2 is 1.60 bits per heavy atom. The number of halogens is 1. The van der Waals surface area contributed by atoms with Crippen molar-refractivity contribution in [3.8, 4) is 11.5 Å². The molecule has 0 saturated carbocycles. The summed E-state index contributed by atoms with van der Waals surface area (Å²) in [6.45, 7) is 7.00. The highest BCUT2D eigenvalue weighted by Gasteiger charge is 2.34. The topological polar surface area (TPSA) is 105 Å². The molecule has 3 rings (SSSR count). The first-order chi connectivity index (χ1) is 19.9. The number of amides is 2. The minimum absolute atomic E-state index is 0.0991. The zero-order valence-electron chi connectivity index (χ0n) is 24.8. The molecule has 0 heterocycles. The van der Waals surface area contributed by atoms with Crippen molar-refractivity contribution in [2.75, 3.05) is 25.1 Å². The standard InChI is InChI=1S/C31H38ClN3O6S/c1-7-27(31(37)33-21(2)3)34(19-23-11-9-8-10-22(23)4)30(36)20-35(25-14-12-24(32)13-15-25)42(38,39)26-16-17-28(40-5)29(18-26)41-6/h8-18,21,27H,7,19-20H2,1-6H3,(H,33,37)/t27-/m1/s1. The molecule has 226 valence electrons. The van der Waals surface area contributed by atoms with Crippen LogP contribution in [0.2, 0.25) is 5.02 Å². The van der Waals surface area contributed by atoms with Gasteiger partial charge in [0.1, 0.15) is 12.6 Å². The number of aryl methyl sites for hydroxylation is 1. The zero-order valence-corrected chi connectivity index (χ0v) is 26.3. The van der Waals surface area contributed by atoms with Gasteiger partial charge in [0, 0.05) is 23.7 Å². The van der Waals surface area contributed by atoms with Gasteiger partial charge in [-0.15, -0.1) is 0 Å². The third-order valence-corrected chi connectivity index (χ3v) is 8.78. The van der Waals surface area contributed by atoms with Gasteiger partial charge in [-0.1, -0.05) is 42.8 Å². The van der Waals surface area contributed by atoms with Crippen molar-refractivity contribution < 1.29 is 27.5 Å². The number of benzene rings is 3. The molecule has 0 aromatic heterocycles. The molecule has 0 spiro atoms. The van der Waals surface area contributed by atoms with E-state index in [-0.39, 0.29) is 34.8 Å². The first-order valence-corrected chi connectivity index (χ1v) is 15.4. The Balaban J connectivity index is 2.11. The summed E-state index contributed by atoms with van der Waals surface area (Å²) in [6, 6.07) is 17.0. The Kier molecular flexibility index (Phi) is 11.2. The molecule has 1 N–H and O–H groups in total. The van der Waals surface area contributed by atoms with Crippen molar-refractivity contribution in [2.45, 2.75) is 57.6 Å². The van der Waals surface area contributed by atoms with Crippen LogP contribution in [0, 0.1) is 6.92 Å². The van der Waals surface area contributed by atoms with E-state index in [9.17, 15) is 18.0 Å². The fourth-order valence-corrected chi connectivity index (χ4v) is 6.07. The summed E-state index contributed by atoms with van der Waals surface area (Å²) in [5, 5.41) is 3.30. The number of ether oxygens (including phenoxy) is 2. The quantitative estimate of drug-likeness (QED) is 0.284. The van der Waals surface area contributed by atoms with E-state index in [1.54, 1.807) is 12.1 Å². The highest BCUT2D eigenvalue weighted by molar-refractivity contribution is 7.92. The van der Waals surface area contributed by atoms with Gasteiger partial charge in [0.2, 0.25) is 11.8 Å². The van der Waals surface area contributed by atoms with Gasteiger partial charge in [-0.25, -0.2) is 8.42 Å². The maximum absolute atomic E-state index is 14.2. The third-order valence-electron chi connectivity index (χ3n) is 6.76. The molecule has 0 aliphatic heterocycles. The molecule has 3 aromatic rings. The molecule has 1 atom stereocenters.